The van der Waals surface area contributed by atoms with Crippen LogP contribution in [0.2, 0.25) is 0 Å². The molecule has 0 saturated carbocycles. The number of nitrogens with zero attached hydrogens (tertiary/aromatic N) is 1. The molecule has 0 radical (unpaired) electrons. The zero-order chi connectivity index (χ0) is 19.0. The van der Waals surface area contributed by atoms with Gasteiger partial charge in [0.1, 0.15) is 13.2 Å². The van der Waals surface area contributed by atoms with Gasteiger partial charge in [-0.3, -0.25) is 4.79 Å². The van der Waals surface area contributed by atoms with E-state index in [2.05, 4.69) is 12.1 Å². The summed E-state index contributed by atoms with van der Waals surface area (Å²) >= 11 is 0. The normalized spacial score (nSPS) is 22.0. The number of rotatable bonds is 3. The third-order valence-corrected chi connectivity index (χ3v) is 5.68. The van der Waals surface area contributed by atoms with Crippen molar-refractivity contribution >= 4 is 5.91 Å². The van der Waals surface area contributed by atoms with E-state index in [9.17, 15) is 4.79 Å². The lowest BCUT2D eigenvalue weighted by atomic mass is 9.83. The highest BCUT2D eigenvalue weighted by Gasteiger charge is 2.40. The van der Waals surface area contributed by atoms with Crippen molar-refractivity contribution in [3.8, 4) is 11.5 Å². The molecule has 27 heavy (non-hydrogen) atoms. The van der Waals surface area contributed by atoms with Gasteiger partial charge in [0, 0.05) is 25.0 Å². The van der Waals surface area contributed by atoms with Gasteiger partial charge in [0.05, 0.1) is 5.41 Å². The van der Waals surface area contributed by atoms with Crippen LogP contribution in [0, 0.1) is 0 Å². The number of carbonyl (C=O) groups is 1. The van der Waals surface area contributed by atoms with E-state index in [1.807, 2.05) is 55.1 Å². The number of hydrogen-bond donors (Lipinski definition) is 1. The lowest BCUT2D eigenvalue weighted by Crippen LogP contribution is -2.43. The van der Waals surface area contributed by atoms with Crippen molar-refractivity contribution in [2.45, 2.75) is 31.2 Å². The first-order valence-corrected chi connectivity index (χ1v) is 9.47. The lowest BCUT2D eigenvalue weighted by molar-refractivity contribution is -0.135. The van der Waals surface area contributed by atoms with E-state index in [0.29, 0.717) is 32.1 Å². The first kappa shape index (κ1) is 17.9. The highest BCUT2D eigenvalue weighted by atomic mass is 16.6. The third-order valence-electron chi connectivity index (χ3n) is 5.68. The summed E-state index contributed by atoms with van der Waals surface area (Å²) in [5, 5.41) is 0. The summed E-state index contributed by atoms with van der Waals surface area (Å²) < 4.78 is 11.3. The molecule has 2 aliphatic rings. The van der Waals surface area contributed by atoms with Crippen LogP contribution in [-0.4, -0.2) is 43.2 Å². The quantitative estimate of drug-likeness (QED) is 0.907. The summed E-state index contributed by atoms with van der Waals surface area (Å²) in [7, 11) is 0. The van der Waals surface area contributed by atoms with Gasteiger partial charge >= 0.3 is 0 Å². The second-order valence-electron chi connectivity index (χ2n) is 7.87. The summed E-state index contributed by atoms with van der Waals surface area (Å²) in [6.45, 7) is 6.24. The molecule has 4 rings (SSSR count). The molecule has 2 aromatic carbocycles. The third kappa shape index (κ3) is 3.28. The van der Waals surface area contributed by atoms with Gasteiger partial charge in [-0.1, -0.05) is 36.4 Å². The highest BCUT2D eigenvalue weighted by Crippen LogP contribution is 2.37. The average molecular weight is 366 g/mol. The van der Waals surface area contributed by atoms with E-state index in [-0.39, 0.29) is 17.9 Å². The molecule has 2 heterocycles. The monoisotopic (exact) mass is 366 g/mol. The summed E-state index contributed by atoms with van der Waals surface area (Å²) in [5.74, 6) is 1.71. The number of hydrogen-bond acceptors (Lipinski definition) is 4. The molecule has 2 atom stereocenters. The number of likely N-dealkylation sites (tertiary alicyclic amines) is 1. The number of ether oxygens (including phenoxy) is 2. The average Bonchev–Trinajstić information content (AvgIpc) is 3.09. The molecule has 0 spiro atoms. The van der Waals surface area contributed by atoms with E-state index in [0.717, 1.165) is 11.3 Å². The maximum Gasteiger partial charge on any atom is 0.232 e. The molecular weight excluding hydrogens is 340 g/mol. The predicted molar refractivity (Wildman–Crippen MR) is 104 cm³/mol. The van der Waals surface area contributed by atoms with Crippen molar-refractivity contribution in [3.05, 3.63) is 59.7 Å². The number of fused-ring (bicyclic) bond motifs is 1. The molecule has 1 fully saturated rings. The van der Waals surface area contributed by atoms with E-state index >= 15 is 0 Å². The van der Waals surface area contributed by atoms with Gasteiger partial charge in [-0.2, -0.15) is 0 Å². The van der Waals surface area contributed by atoms with Crippen molar-refractivity contribution in [2.75, 3.05) is 26.3 Å². The molecule has 0 bridgehead atoms. The fraction of sp³-hybridized carbons (Fsp3) is 0.409. The number of nitrogens with two attached hydrogens (primary N) is 1. The molecular formula is C22H26N2O3. The molecule has 1 saturated heterocycles. The largest absolute Gasteiger partial charge is 0.486 e. The zero-order valence-electron chi connectivity index (χ0n) is 15.9. The molecule has 0 unspecified atom stereocenters. The van der Waals surface area contributed by atoms with Crippen molar-refractivity contribution in [1.82, 2.24) is 4.90 Å². The molecule has 0 aromatic heterocycles. The zero-order valence-corrected chi connectivity index (χ0v) is 15.9. The Morgan fingerprint density at radius 1 is 1.04 bits per heavy atom. The Kier molecular flexibility index (Phi) is 4.56. The van der Waals surface area contributed by atoms with E-state index in [1.54, 1.807) is 0 Å². The Bertz CT molecular complexity index is 835. The van der Waals surface area contributed by atoms with Crippen LogP contribution in [0.5, 0.6) is 11.5 Å². The minimum atomic E-state index is -0.666. The maximum atomic E-state index is 13.4. The summed E-state index contributed by atoms with van der Waals surface area (Å²) in [5.41, 5.74) is 7.83. The number of carbonyl (C=O) groups excluding carboxylic acids is 1. The molecule has 142 valence electrons. The minimum Gasteiger partial charge on any atom is -0.486 e. The fourth-order valence-electron chi connectivity index (χ4n) is 4.00. The number of benzene rings is 2. The van der Waals surface area contributed by atoms with Gasteiger partial charge in [-0.05, 0) is 37.1 Å². The SMILES string of the molecule is CC(C)(C(=O)N1C[C@@H](N)[C@H](c2ccccc2)C1)c1ccc2c(c1)OCCO2. The van der Waals surface area contributed by atoms with Gasteiger partial charge in [0.15, 0.2) is 11.5 Å². The van der Waals surface area contributed by atoms with Crippen molar-refractivity contribution < 1.29 is 14.3 Å². The summed E-state index contributed by atoms with van der Waals surface area (Å²) in [6.07, 6.45) is 0. The van der Waals surface area contributed by atoms with Crippen LogP contribution in [0.25, 0.3) is 0 Å². The molecule has 2 aliphatic heterocycles. The van der Waals surface area contributed by atoms with Crippen molar-refractivity contribution in [1.29, 1.82) is 0 Å². The van der Waals surface area contributed by atoms with Crippen LogP contribution in [0.15, 0.2) is 48.5 Å². The molecule has 1 amide bonds. The van der Waals surface area contributed by atoms with Crippen LogP contribution in [0.3, 0.4) is 0 Å². The van der Waals surface area contributed by atoms with Crippen LogP contribution >= 0.6 is 0 Å². The van der Waals surface area contributed by atoms with Crippen molar-refractivity contribution in [3.63, 3.8) is 0 Å². The number of amides is 1. The molecule has 0 aliphatic carbocycles. The Morgan fingerprint density at radius 3 is 2.48 bits per heavy atom. The first-order chi connectivity index (χ1) is 13.0. The molecule has 5 heteroatoms. The second-order valence-corrected chi connectivity index (χ2v) is 7.87. The van der Waals surface area contributed by atoms with Gasteiger partial charge in [-0.25, -0.2) is 0 Å². The first-order valence-electron chi connectivity index (χ1n) is 9.47. The molecule has 5 nitrogen and oxygen atoms in total. The summed E-state index contributed by atoms with van der Waals surface area (Å²) in [6, 6.07) is 15.9. The highest BCUT2D eigenvalue weighted by molar-refractivity contribution is 5.88. The van der Waals surface area contributed by atoms with Crippen LogP contribution in [-0.2, 0) is 10.2 Å². The van der Waals surface area contributed by atoms with Crippen molar-refractivity contribution in [2.24, 2.45) is 5.73 Å². The Hall–Kier alpha value is -2.53. The van der Waals surface area contributed by atoms with Crippen LogP contribution in [0.1, 0.15) is 30.9 Å². The van der Waals surface area contributed by atoms with Gasteiger partial charge in [-0.15, -0.1) is 0 Å². The Labute approximate surface area is 160 Å². The smallest absolute Gasteiger partial charge is 0.232 e. The van der Waals surface area contributed by atoms with E-state index in [1.165, 1.54) is 5.56 Å². The lowest BCUT2D eigenvalue weighted by Gasteiger charge is -2.31. The fourth-order valence-corrected chi connectivity index (χ4v) is 4.00. The molecule has 2 aromatic rings. The Morgan fingerprint density at radius 2 is 1.74 bits per heavy atom. The van der Waals surface area contributed by atoms with Crippen LogP contribution in [0.4, 0.5) is 0 Å². The van der Waals surface area contributed by atoms with Crippen LogP contribution < -0.4 is 15.2 Å². The molecule has 2 N–H and O–H groups in total. The van der Waals surface area contributed by atoms with Gasteiger partial charge in [0.2, 0.25) is 5.91 Å². The standard InChI is InChI=1S/C22H26N2O3/c1-22(2,16-8-9-19-20(12-16)27-11-10-26-19)21(25)24-13-17(18(23)14-24)15-6-4-3-5-7-15/h3-9,12,17-18H,10-11,13-14,23H2,1-2H3/t17-,18+/m0/s1. The topological polar surface area (TPSA) is 64.8 Å². The van der Waals surface area contributed by atoms with Gasteiger partial charge in [0.25, 0.3) is 0 Å². The minimum absolute atomic E-state index is 0.0487. The predicted octanol–water partition coefficient (Wildman–Crippen LogP) is 2.69. The second kappa shape index (κ2) is 6.89. The Balaban J connectivity index is 1.55. The van der Waals surface area contributed by atoms with Gasteiger partial charge < -0.3 is 20.1 Å². The van der Waals surface area contributed by atoms with E-state index in [4.69, 9.17) is 15.2 Å². The maximum absolute atomic E-state index is 13.4. The summed E-state index contributed by atoms with van der Waals surface area (Å²) in [4.78, 5) is 15.3. The van der Waals surface area contributed by atoms with E-state index < -0.39 is 5.41 Å².